The Labute approximate surface area is 120 Å². The molecule has 0 radical (unpaired) electrons. The van der Waals surface area contributed by atoms with E-state index in [2.05, 4.69) is 61.7 Å². The molecule has 0 unspecified atom stereocenters. The van der Waals surface area contributed by atoms with Gasteiger partial charge >= 0.3 is 0 Å². The van der Waals surface area contributed by atoms with Crippen molar-refractivity contribution in [1.29, 1.82) is 0 Å². The minimum absolute atomic E-state index is 0.693. The maximum absolute atomic E-state index is 4.70. The molecule has 0 atom stereocenters. The van der Waals surface area contributed by atoms with E-state index in [0.717, 1.165) is 17.8 Å². The number of hydrogen-bond acceptors (Lipinski definition) is 1. The van der Waals surface area contributed by atoms with Gasteiger partial charge in [0.05, 0.1) is 5.69 Å². The number of hydrogen-bond donors (Lipinski definition) is 0. The summed E-state index contributed by atoms with van der Waals surface area (Å²) in [6.45, 7) is 6.60. The van der Waals surface area contributed by atoms with Gasteiger partial charge in [0.25, 0.3) is 0 Å². The molecular formula is C18H20N2. The average Bonchev–Trinajstić information content (AvgIpc) is 2.84. The van der Waals surface area contributed by atoms with Gasteiger partial charge in [-0.1, -0.05) is 44.2 Å². The van der Waals surface area contributed by atoms with Gasteiger partial charge < -0.3 is 4.40 Å². The van der Waals surface area contributed by atoms with Crippen LogP contribution in [0, 0.1) is 12.8 Å². The smallest absolute Gasteiger partial charge is 0.137 e. The molecule has 20 heavy (non-hydrogen) atoms. The van der Waals surface area contributed by atoms with E-state index in [1.807, 2.05) is 12.1 Å². The fourth-order valence-electron chi connectivity index (χ4n) is 2.57. The molecule has 0 aliphatic carbocycles. The zero-order chi connectivity index (χ0) is 14.1. The van der Waals surface area contributed by atoms with Gasteiger partial charge in [0.1, 0.15) is 5.65 Å². The van der Waals surface area contributed by atoms with Crippen molar-refractivity contribution in [2.75, 3.05) is 0 Å². The predicted molar refractivity (Wildman–Crippen MR) is 83.9 cm³/mol. The van der Waals surface area contributed by atoms with Crippen LogP contribution < -0.4 is 0 Å². The first-order chi connectivity index (χ1) is 9.63. The molecule has 2 aromatic heterocycles. The number of nitrogens with zero attached hydrogens (tertiary/aromatic N) is 2. The van der Waals surface area contributed by atoms with E-state index in [9.17, 15) is 0 Å². The van der Waals surface area contributed by atoms with Crippen LogP contribution in [0.2, 0.25) is 0 Å². The zero-order valence-electron chi connectivity index (χ0n) is 12.3. The fourth-order valence-corrected chi connectivity index (χ4v) is 2.57. The van der Waals surface area contributed by atoms with Crippen LogP contribution in [0.3, 0.4) is 0 Å². The quantitative estimate of drug-likeness (QED) is 0.680. The molecule has 3 aromatic rings. The van der Waals surface area contributed by atoms with Gasteiger partial charge in [0.15, 0.2) is 0 Å². The van der Waals surface area contributed by atoms with Gasteiger partial charge in [-0.3, -0.25) is 0 Å². The van der Waals surface area contributed by atoms with E-state index < -0.39 is 0 Å². The number of rotatable bonds is 3. The SMILES string of the molecule is Cc1cccc2nc(-c3ccc(CC(C)C)cc3)cn12. The monoisotopic (exact) mass is 264 g/mol. The minimum atomic E-state index is 0.693. The molecule has 102 valence electrons. The van der Waals surface area contributed by atoms with Crippen molar-refractivity contribution in [3.63, 3.8) is 0 Å². The molecule has 0 fully saturated rings. The van der Waals surface area contributed by atoms with E-state index in [0.29, 0.717) is 5.92 Å². The van der Waals surface area contributed by atoms with Crippen molar-refractivity contribution < 1.29 is 0 Å². The summed E-state index contributed by atoms with van der Waals surface area (Å²) in [5.74, 6) is 0.693. The highest BCUT2D eigenvalue weighted by molar-refractivity contribution is 5.63. The van der Waals surface area contributed by atoms with Crippen LogP contribution >= 0.6 is 0 Å². The molecule has 0 amide bonds. The van der Waals surface area contributed by atoms with Crippen LogP contribution in [0.25, 0.3) is 16.9 Å². The van der Waals surface area contributed by atoms with Crippen LogP contribution in [-0.4, -0.2) is 9.38 Å². The molecule has 0 N–H and O–H groups in total. The first-order valence-corrected chi connectivity index (χ1v) is 7.17. The first kappa shape index (κ1) is 12.9. The Hall–Kier alpha value is -2.09. The molecule has 0 aliphatic heterocycles. The van der Waals surface area contributed by atoms with Gasteiger partial charge in [-0.15, -0.1) is 0 Å². The van der Waals surface area contributed by atoms with E-state index >= 15 is 0 Å². The predicted octanol–water partition coefficient (Wildman–Crippen LogP) is 4.51. The van der Waals surface area contributed by atoms with Crippen molar-refractivity contribution in [2.24, 2.45) is 5.92 Å². The molecule has 1 aromatic carbocycles. The van der Waals surface area contributed by atoms with Crippen LogP contribution in [-0.2, 0) is 6.42 Å². The van der Waals surface area contributed by atoms with Crippen molar-refractivity contribution in [3.05, 3.63) is 59.9 Å². The number of aromatic nitrogens is 2. The minimum Gasteiger partial charge on any atom is -0.304 e. The van der Waals surface area contributed by atoms with Crippen LogP contribution in [0.4, 0.5) is 0 Å². The summed E-state index contributed by atoms with van der Waals surface area (Å²) in [6, 6.07) is 15.0. The van der Waals surface area contributed by atoms with Crippen molar-refractivity contribution in [3.8, 4) is 11.3 Å². The molecule has 3 rings (SSSR count). The summed E-state index contributed by atoms with van der Waals surface area (Å²) in [4.78, 5) is 4.70. The highest BCUT2D eigenvalue weighted by Crippen LogP contribution is 2.21. The average molecular weight is 264 g/mol. The standard InChI is InChI=1S/C18H20N2/c1-13(2)11-15-7-9-16(10-8-15)17-12-20-14(3)5-4-6-18(20)19-17/h4-10,12-13H,11H2,1-3H3. The molecule has 0 saturated carbocycles. The Morgan fingerprint density at radius 2 is 1.80 bits per heavy atom. The Balaban J connectivity index is 1.96. The molecule has 2 heterocycles. The zero-order valence-corrected chi connectivity index (χ0v) is 12.3. The number of aryl methyl sites for hydroxylation is 1. The number of fused-ring (bicyclic) bond motifs is 1. The molecule has 0 spiro atoms. The summed E-state index contributed by atoms with van der Waals surface area (Å²) < 4.78 is 2.14. The van der Waals surface area contributed by atoms with Gasteiger partial charge in [0, 0.05) is 17.5 Å². The Bertz CT molecular complexity index is 721. The number of pyridine rings is 1. The van der Waals surface area contributed by atoms with Gasteiger partial charge in [-0.2, -0.15) is 0 Å². The first-order valence-electron chi connectivity index (χ1n) is 7.17. The highest BCUT2D eigenvalue weighted by Gasteiger charge is 2.06. The second-order valence-corrected chi connectivity index (χ2v) is 5.82. The van der Waals surface area contributed by atoms with Crippen molar-refractivity contribution in [2.45, 2.75) is 27.2 Å². The van der Waals surface area contributed by atoms with E-state index in [-0.39, 0.29) is 0 Å². The summed E-state index contributed by atoms with van der Waals surface area (Å²) in [7, 11) is 0. The summed E-state index contributed by atoms with van der Waals surface area (Å²) in [6.07, 6.45) is 3.24. The normalized spacial score (nSPS) is 11.4. The fraction of sp³-hybridized carbons (Fsp3) is 0.278. The molecule has 0 bridgehead atoms. The van der Waals surface area contributed by atoms with E-state index in [4.69, 9.17) is 4.98 Å². The van der Waals surface area contributed by atoms with Crippen LogP contribution in [0.5, 0.6) is 0 Å². The maximum Gasteiger partial charge on any atom is 0.137 e. The number of imidazole rings is 1. The maximum atomic E-state index is 4.70. The molecular weight excluding hydrogens is 244 g/mol. The van der Waals surface area contributed by atoms with Gasteiger partial charge in [-0.25, -0.2) is 4.98 Å². The molecule has 2 heteroatoms. The topological polar surface area (TPSA) is 17.3 Å². The molecule has 2 nitrogen and oxygen atoms in total. The van der Waals surface area contributed by atoms with E-state index in [1.165, 1.54) is 16.8 Å². The molecule has 0 saturated heterocycles. The lowest BCUT2D eigenvalue weighted by atomic mass is 10.0. The summed E-state index contributed by atoms with van der Waals surface area (Å²) in [5, 5.41) is 0. The Morgan fingerprint density at radius 3 is 2.45 bits per heavy atom. The van der Waals surface area contributed by atoms with E-state index in [1.54, 1.807) is 0 Å². The third-order valence-electron chi connectivity index (χ3n) is 3.59. The lowest BCUT2D eigenvalue weighted by Gasteiger charge is -2.05. The second kappa shape index (κ2) is 5.12. The Kier molecular flexibility index (Phi) is 3.31. The van der Waals surface area contributed by atoms with Gasteiger partial charge in [0.2, 0.25) is 0 Å². The third-order valence-corrected chi connectivity index (χ3v) is 3.59. The molecule has 0 aliphatic rings. The lowest BCUT2D eigenvalue weighted by Crippen LogP contribution is -1.93. The number of benzene rings is 1. The lowest BCUT2D eigenvalue weighted by molar-refractivity contribution is 0.647. The van der Waals surface area contributed by atoms with Crippen LogP contribution in [0.15, 0.2) is 48.7 Å². The van der Waals surface area contributed by atoms with Crippen molar-refractivity contribution >= 4 is 5.65 Å². The van der Waals surface area contributed by atoms with Crippen LogP contribution in [0.1, 0.15) is 25.1 Å². The summed E-state index contributed by atoms with van der Waals surface area (Å²) in [5.41, 5.74) is 5.82. The Morgan fingerprint density at radius 1 is 1.05 bits per heavy atom. The summed E-state index contributed by atoms with van der Waals surface area (Å²) >= 11 is 0. The highest BCUT2D eigenvalue weighted by atomic mass is 15.0. The van der Waals surface area contributed by atoms with Crippen molar-refractivity contribution in [1.82, 2.24) is 9.38 Å². The third kappa shape index (κ3) is 2.46. The second-order valence-electron chi connectivity index (χ2n) is 5.82. The largest absolute Gasteiger partial charge is 0.304 e. The van der Waals surface area contributed by atoms with Gasteiger partial charge in [-0.05, 0) is 37.0 Å².